The number of nitrogens with zero attached hydrogens (tertiary/aromatic N) is 2. The van der Waals surface area contributed by atoms with Crippen molar-refractivity contribution in [2.24, 2.45) is 4.99 Å². The van der Waals surface area contributed by atoms with Gasteiger partial charge in [-0.3, -0.25) is 4.99 Å². The van der Waals surface area contributed by atoms with Crippen LogP contribution in [0.15, 0.2) is 29.3 Å². The molecule has 0 saturated carbocycles. The van der Waals surface area contributed by atoms with Gasteiger partial charge in [-0.15, -0.1) is 24.0 Å². The highest BCUT2D eigenvalue weighted by atomic mass is 127. The SMILES string of the molecule is CCNC(=NCCCc1ccc(N(C)C)cc1)NCCOC.I. The fraction of sp³-hybridized carbons (Fsp3) is 0.588. The molecule has 0 unspecified atom stereocenters. The van der Waals surface area contributed by atoms with Gasteiger partial charge in [0.2, 0.25) is 0 Å². The summed E-state index contributed by atoms with van der Waals surface area (Å²) >= 11 is 0. The van der Waals surface area contributed by atoms with Crippen LogP contribution in [0.5, 0.6) is 0 Å². The van der Waals surface area contributed by atoms with Crippen LogP contribution in [0.1, 0.15) is 18.9 Å². The van der Waals surface area contributed by atoms with Crippen LogP contribution in [0.25, 0.3) is 0 Å². The van der Waals surface area contributed by atoms with Crippen molar-refractivity contribution in [3.05, 3.63) is 29.8 Å². The highest BCUT2D eigenvalue weighted by molar-refractivity contribution is 14.0. The summed E-state index contributed by atoms with van der Waals surface area (Å²) in [5.41, 5.74) is 2.59. The van der Waals surface area contributed by atoms with Crippen molar-refractivity contribution in [2.45, 2.75) is 19.8 Å². The van der Waals surface area contributed by atoms with Crippen molar-refractivity contribution in [1.82, 2.24) is 10.6 Å². The summed E-state index contributed by atoms with van der Waals surface area (Å²) in [5.74, 6) is 0.863. The summed E-state index contributed by atoms with van der Waals surface area (Å²) in [4.78, 5) is 6.69. The van der Waals surface area contributed by atoms with Gasteiger partial charge < -0.3 is 20.3 Å². The number of guanidine groups is 1. The lowest BCUT2D eigenvalue weighted by Crippen LogP contribution is -2.39. The van der Waals surface area contributed by atoms with Crippen LogP contribution in [0.4, 0.5) is 5.69 Å². The highest BCUT2D eigenvalue weighted by Gasteiger charge is 1.98. The second-order valence-corrected chi connectivity index (χ2v) is 5.34. The normalized spacial score (nSPS) is 10.9. The van der Waals surface area contributed by atoms with E-state index in [0.717, 1.165) is 38.4 Å². The zero-order chi connectivity index (χ0) is 16.2. The molecule has 2 N–H and O–H groups in total. The molecule has 0 amide bonds. The van der Waals surface area contributed by atoms with E-state index in [1.807, 2.05) is 0 Å². The Bertz CT molecular complexity index is 435. The third-order valence-corrected chi connectivity index (χ3v) is 3.29. The van der Waals surface area contributed by atoms with Gasteiger partial charge in [-0.05, 0) is 37.5 Å². The number of rotatable bonds is 9. The summed E-state index contributed by atoms with van der Waals surface area (Å²) in [6.45, 7) is 5.21. The second-order valence-electron chi connectivity index (χ2n) is 5.34. The topological polar surface area (TPSA) is 48.9 Å². The highest BCUT2D eigenvalue weighted by Crippen LogP contribution is 2.13. The molecule has 0 aromatic heterocycles. The van der Waals surface area contributed by atoms with E-state index in [-0.39, 0.29) is 24.0 Å². The Kier molecular flexibility index (Phi) is 12.8. The molecule has 0 aliphatic carbocycles. The number of aryl methyl sites for hydroxylation is 1. The largest absolute Gasteiger partial charge is 0.383 e. The molecule has 1 aromatic rings. The van der Waals surface area contributed by atoms with Gasteiger partial charge in [0, 0.05) is 46.5 Å². The lowest BCUT2D eigenvalue weighted by molar-refractivity contribution is 0.203. The lowest BCUT2D eigenvalue weighted by Gasteiger charge is -2.12. The Labute approximate surface area is 157 Å². The molecule has 0 aliphatic heterocycles. The number of halogens is 1. The fourth-order valence-electron chi connectivity index (χ4n) is 2.05. The Hall–Kier alpha value is -1.02. The molecule has 23 heavy (non-hydrogen) atoms. The van der Waals surface area contributed by atoms with Crippen LogP contribution in [0.2, 0.25) is 0 Å². The molecule has 1 rings (SSSR count). The maximum Gasteiger partial charge on any atom is 0.191 e. The van der Waals surface area contributed by atoms with E-state index >= 15 is 0 Å². The first-order valence-electron chi connectivity index (χ1n) is 7.94. The number of benzene rings is 1. The average molecular weight is 434 g/mol. The summed E-state index contributed by atoms with van der Waals surface area (Å²) < 4.78 is 5.03. The third kappa shape index (κ3) is 9.65. The quantitative estimate of drug-likeness (QED) is 0.272. The Morgan fingerprint density at radius 2 is 1.87 bits per heavy atom. The fourth-order valence-corrected chi connectivity index (χ4v) is 2.05. The predicted molar refractivity (Wildman–Crippen MR) is 110 cm³/mol. The van der Waals surface area contributed by atoms with Gasteiger partial charge in [0.25, 0.3) is 0 Å². The maximum atomic E-state index is 5.03. The first kappa shape index (κ1) is 22.0. The zero-order valence-corrected chi connectivity index (χ0v) is 17.1. The van der Waals surface area contributed by atoms with Crippen LogP contribution >= 0.6 is 24.0 Å². The predicted octanol–water partition coefficient (Wildman–Crippen LogP) is 2.50. The Balaban J connectivity index is 0.00000484. The molecule has 5 nitrogen and oxygen atoms in total. The average Bonchev–Trinajstić information content (AvgIpc) is 2.52. The number of anilines is 1. The minimum atomic E-state index is 0. The lowest BCUT2D eigenvalue weighted by atomic mass is 10.1. The summed E-state index contributed by atoms with van der Waals surface area (Å²) in [6.07, 6.45) is 2.09. The van der Waals surface area contributed by atoms with Gasteiger partial charge in [0.15, 0.2) is 5.96 Å². The van der Waals surface area contributed by atoms with Crippen molar-refractivity contribution in [3.8, 4) is 0 Å². The number of methoxy groups -OCH3 is 1. The monoisotopic (exact) mass is 434 g/mol. The molecule has 0 spiro atoms. The van der Waals surface area contributed by atoms with Crippen molar-refractivity contribution in [1.29, 1.82) is 0 Å². The summed E-state index contributed by atoms with van der Waals surface area (Å²) in [6, 6.07) is 8.71. The molecule has 6 heteroatoms. The molecule has 0 atom stereocenters. The van der Waals surface area contributed by atoms with Gasteiger partial charge >= 0.3 is 0 Å². The molecule has 0 saturated heterocycles. The van der Waals surface area contributed by atoms with Gasteiger partial charge in [0.1, 0.15) is 0 Å². The summed E-state index contributed by atoms with van der Waals surface area (Å²) in [7, 11) is 5.82. The molecular formula is C17H31IN4O. The van der Waals surface area contributed by atoms with Gasteiger partial charge in [-0.2, -0.15) is 0 Å². The first-order chi connectivity index (χ1) is 10.7. The Morgan fingerprint density at radius 3 is 2.43 bits per heavy atom. The van der Waals surface area contributed by atoms with E-state index in [9.17, 15) is 0 Å². The number of ether oxygens (including phenoxy) is 1. The van der Waals surface area contributed by atoms with Crippen molar-refractivity contribution in [2.75, 3.05) is 52.3 Å². The van der Waals surface area contributed by atoms with E-state index in [0.29, 0.717) is 6.61 Å². The Morgan fingerprint density at radius 1 is 1.17 bits per heavy atom. The number of hydrogen-bond acceptors (Lipinski definition) is 3. The maximum absolute atomic E-state index is 5.03. The molecule has 132 valence electrons. The standard InChI is InChI=1S/C17H30N4O.HI/c1-5-18-17(20-13-14-22-4)19-12-6-7-15-8-10-16(11-9-15)21(2)3;/h8-11H,5-7,12-14H2,1-4H3,(H2,18,19,20);1H. The smallest absolute Gasteiger partial charge is 0.191 e. The van der Waals surface area contributed by atoms with Gasteiger partial charge in [-0.25, -0.2) is 0 Å². The molecule has 0 aliphatic rings. The van der Waals surface area contributed by atoms with E-state index in [2.05, 4.69) is 65.8 Å². The van der Waals surface area contributed by atoms with Crippen molar-refractivity contribution < 1.29 is 4.74 Å². The molecule has 0 bridgehead atoms. The third-order valence-electron chi connectivity index (χ3n) is 3.29. The summed E-state index contributed by atoms with van der Waals surface area (Å²) in [5, 5.41) is 6.49. The molecule has 0 heterocycles. The zero-order valence-electron chi connectivity index (χ0n) is 14.8. The first-order valence-corrected chi connectivity index (χ1v) is 7.94. The van der Waals surface area contributed by atoms with Gasteiger partial charge in [0.05, 0.1) is 6.61 Å². The van der Waals surface area contributed by atoms with E-state index in [1.165, 1.54) is 11.3 Å². The van der Waals surface area contributed by atoms with Gasteiger partial charge in [-0.1, -0.05) is 12.1 Å². The van der Waals surface area contributed by atoms with Crippen LogP contribution in [0, 0.1) is 0 Å². The van der Waals surface area contributed by atoms with Crippen LogP contribution in [0.3, 0.4) is 0 Å². The van der Waals surface area contributed by atoms with Crippen molar-refractivity contribution >= 4 is 35.6 Å². The van der Waals surface area contributed by atoms with Crippen molar-refractivity contribution in [3.63, 3.8) is 0 Å². The number of hydrogen-bond donors (Lipinski definition) is 2. The van der Waals surface area contributed by atoms with Crippen LogP contribution in [-0.2, 0) is 11.2 Å². The van der Waals surface area contributed by atoms with Crippen LogP contribution < -0.4 is 15.5 Å². The number of aliphatic imine (C=N–C) groups is 1. The molecule has 0 radical (unpaired) electrons. The second kappa shape index (κ2) is 13.4. The number of nitrogens with one attached hydrogen (secondary N) is 2. The molecule has 0 fully saturated rings. The van der Waals surface area contributed by atoms with E-state index < -0.39 is 0 Å². The minimum absolute atomic E-state index is 0. The van der Waals surface area contributed by atoms with E-state index in [1.54, 1.807) is 7.11 Å². The van der Waals surface area contributed by atoms with Crippen LogP contribution in [-0.4, -0.2) is 53.4 Å². The molecular weight excluding hydrogens is 403 g/mol. The minimum Gasteiger partial charge on any atom is -0.383 e. The molecule has 1 aromatic carbocycles. The van der Waals surface area contributed by atoms with E-state index in [4.69, 9.17) is 4.74 Å².